The van der Waals surface area contributed by atoms with Gasteiger partial charge in [-0.15, -0.1) is 0 Å². The molecule has 3 aliphatic rings. The summed E-state index contributed by atoms with van der Waals surface area (Å²) in [5.41, 5.74) is 2.14. The van der Waals surface area contributed by atoms with Crippen molar-refractivity contribution in [3.63, 3.8) is 0 Å². The van der Waals surface area contributed by atoms with Crippen LogP contribution in [0.1, 0.15) is 151 Å². The summed E-state index contributed by atoms with van der Waals surface area (Å²) < 4.78 is 38.4. The van der Waals surface area contributed by atoms with Crippen LogP contribution < -0.4 is 15.3 Å². The first-order valence-corrected chi connectivity index (χ1v) is 31.3. The maximum absolute atomic E-state index is 12.8. The average Bonchev–Trinajstić information content (AvgIpc) is 4.25. The highest BCUT2D eigenvalue weighted by Gasteiger charge is 2.42. The largest absolute Gasteiger partial charge is 0.550 e. The second-order valence-corrected chi connectivity index (χ2v) is 23.8. The normalized spacial score (nSPS) is 25.7. The van der Waals surface area contributed by atoms with E-state index in [9.17, 15) is 88.8 Å². The van der Waals surface area contributed by atoms with E-state index in [1.807, 2.05) is 91.1 Å². The highest BCUT2D eigenvalue weighted by molar-refractivity contribution is 5.64. The van der Waals surface area contributed by atoms with E-state index < -0.39 is 84.6 Å². The van der Waals surface area contributed by atoms with Crippen LogP contribution in [-0.4, -0.2) is 119 Å². The number of benzene rings is 3. The van der Waals surface area contributed by atoms with Crippen LogP contribution in [0.3, 0.4) is 0 Å². The summed E-state index contributed by atoms with van der Waals surface area (Å²) >= 11 is 0. The maximum atomic E-state index is 12.8. The van der Waals surface area contributed by atoms with Gasteiger partial charge in [0.1, 0.15) is 0 Å². The van der Waals surface area contributed by atoms with Crippen molar-refractivity contribution in [2.75, 3.05) is 0 Å². The van der Waals surface area contributed by atoms with Crippen molar-refractivity contribution in [2.24, 2.45) is 35.5 Å². The van der Waals surface area contributed by atoms with Gasteiger partial charge in [0.2, 0.25) is 0 Å². The molecule has 0 aromatic heterocycles. The molecule has 488 valence electrons. The van der Waals surface area contributed by atoms with E-state index in [4.69, 9.17) is 0 Å². The Labute approximate surface area is 517 Å². The van der Waals surface area contributed by atoms with Gasteiger partial charge < -0.3 is 75.7 Å². The predicted octanol–water partition coefficient (Wildman–Crippen LogP) is 6.52. The summed E-state index contributed by atoms with van der Waals surface area (Å²) in [6.45, 7) is 0. The van der Waals surface area contributed by atoms with E-state index in [0.29, 0.717) is 102 Å². The molecule has 0 bridgehead atoms. The van der Waals surface area contributed by atoms with Crippen LogP contribution in [0.5, 0.6) is 0 Å². The first kappa shape index (κ1) is 74.7. The van der Waals surface area contributed by atoms with E-state index in [1.165, 1.54) is 23.3 Å². The molecule has 15 nitrogen and oxygen atoms in total. The number of carbonyl (C=O) groups is 3. The van der Waals surface area contributed by atoms with Crippen molar-refractivity contribution < 1.29 is 88.8 Å². The molecule has 0 aliphatic heterocycles. The van der Waals surface area contributed by atoms with Crippen molar-refractivity contribution in [2.45, 2.75) is 209 Å². The molecule has 3 saturated carbocycles. The summed E-state index contributed by atoms with van der Waals surface area (Å²) in [6, 6.07) is 25.1. The Hall–Kier alpha value is -5.80. The predicted molar refractivity (Wildman–Crippen MR) is 324 cm³/mol. The molecular formula is C70H94F3O15-3. The van der Waals surface area contributed by atoms with Crippen LogP contribution in [0.2, 0.25) is 0 Å². The topological polar surface area (TPSA) is 302 Å². The second-order valence-electron chi connectivity index (χ2n) is 23.8. The van der Waals surface area contributed by atoms with E-state index in [1.54, 1.807) is 18.2 Å². The zero-order valence-electron chi connectivity index (χ0n) is 50.4. The molecule has 18 heteroatoms. The van der Waals surface area contributed by atoms with Gasteiger partial charge in [0.05, 0.1) is 60.5 Å². The number of hydrogen-bond acceptors (Lipinski definition) is 15. The van der Waals surface area contributed by atoms with E-state index in [2.05, 4.69) is 12.1 Å². The zero-order chi connectivity index (χ0) is 64.4. The van der Waals surface area contributed by atoms with Crippen LogP contribution in [0.25, 0.3) is 0 Å². The van der Waals surface area contributed by atoms with Crippen LogP contribution in [-0.2, 0) is 39.8 Å². The van der Waals surface area contributed by atoms with Gasteiger partial charge >= 0.3 is 6.18 Å². The number of aliphatic hydroxyl groups is 9. The number of carboxylic acids is 3. The second kappa shape index (κ2) is 40.8. The molecule has 0 heterocycles. The number of rotatable bonds is 34. The third-order valence-electron chi connectivity index (χ3n) is 16.9. The molecule has 3 fully saturated rings. The Morgan fingerprint density at radius 3 is 1.27 bits per heavy atom. The summed E-state index contributed by atoms with van der Waals surface area (Å²) in [6.07, 6.45) is 19.1. The molecule has 6 rings (SSSR count). The van der Waals surface area contributed by atoms with Gasteiger partial charge in [-0.25, -0.2) is 0 Å². The first-order chi connectivity index (χ1) is 42.0. The zero-order valence-corrected chi connectivity index (χ0v) is 50.4. The van der Waals surface area contributed by atoms with Crippen LogP contribution >= 0.6 is 0 Å². The number of halogens is 3. The monoisotopic (exact) mass is 1230 g/mol. The summed E-state index contributed by atoms with van der Waals surface area (Å²) in [7, 11) is 0. The van der Waals surface area contributed by atoms with Crippen LogP contribution in [0.4, 0.5) is 13.2 Å². The highest BCUT2D eigenvalue weighted by atomic mass is 19.4. The number of allylic oxidation sites excluding steroid dienone is 6. The molecule has 15 atom stereocenters. The van der Waals surface area contributed by atoms with Crippen molar-refractivity contribution in [3.05, 3.63) is 168 Å². The number of alkyl halides is 3. The first-order valence-electron chi connectivity index (χ1n) is 31.3. The van der Waals surface area contributed by atoms with Gasteiger partial charge in [-0.3, -0.25) is 0 Å². The maximum Gasteiger partial charge on any atom is 0.416 e. The Morgan fingerprint density at radius 1 is 0.466 bits per heavy atom. The molecule has 3 aromatic carbocycles. The van der Waals surface area contributed by atoms with Gasteiger partial charge in [-0.05, 0) is 181 Å². The Bertz CT molecular complexity index is 2590. The van der Waals surface area contributed by atoms with Crippen LogP contribution in [0.15, 0.2) is 146 Å². The number of unbranched alkanes of at least 4 members (excludes halogenated alkanes) is 3. The molecule has 0 saturated heterocycles. The van der Waals surface area contributed by atoms with Crippen molar-refractivity contribution in [3.8, 4) is 0 Å². The molecular weight excluding hydrogens is 1140 g/mol. The molecule has 3 aliphatic carbocycles. The van der Waals surface area contributed by atoms with E-state index in [-0.39, 0.29) is 74.0 Å². The van der Waals surface area contributed by atoms with Crippen molar-refractivity contribution in [1.29, 1.82) is 0 Å². The summed E-state index contributed by atoms with van der Waals surface area (Å²) in [4.78, 5) is 31.2. The minimum absolute atomic E-state index is 0.0150. The molecule has 0 amide bonds. The number of carbonyl (C=O) groups excluding carboxylic acids is 3. The fourth-order valence-electron chi connectivity index (χ4n) is 11.9. The summed E-state index contributed by atoms with van der Waals surface area (Å²) in [5.74, 6) is -4.12. The number of aliphatic hydroxyl groups excluding tert-OH is 9. The SMILES string of the molecule is O=C([O-])CCC/C=C\C[C@@H]1[C@@H](/C=C/[C@@H](O)CCc2cccc(C(F)(F)F)c2)[C@H](O)C[C@@H]1O.O=C([O-])CCC/C=C\C[C@@H]1[C@@H](/C=C/[C@@H](O)CCc2ccccc2)[C@H](O)C[C@@H]1O.O=C([O-])CCC/C=C\C[C@@H]1[C@@H](CC[C@@H](O)CCc2ccccc2)[C@H](O)C[C@@H]1O. The van der Waals surface area contributed by atoms with E-state index >= 15 is 0 Å². The van der Waals surface area contributed by atoms with Crippen LogP contribution in [0, 0.1) is 35.5 Å². The van der Waals surface area contributed by atoms with Gasteiger partial charge in [0.15, 0.2) is 0 Å². The Kier molecular flexibility index (Phi) is 34.6. The minimum Gasteiger partial charge on any atom is -0.550 e. The van der Waals surface area contributed by atoms with Gasteiger partial charge in [-0.2, -0.15) is 13.2 Å². The lowest BCUT2D eigenvalue weighted by Gasteiger charge is -2.23. The number of carboxylic acid groups (broad SMARTS) is 3. The van der Waals surface area contributed by atoms with Gasteiger partial charge in [-0.1, -0.05) is 140 Å². The fourth-order valence-corrected chi connectivity index (χ4v) is 11.9. The summed E-state index contributed by atoms with van der Waals surface area (Å²) in [5, 5.41) is 124. The lowest BCUT2D eigenvalue weighted by Crippen LogP contribution is -2.23. The third kappa shape index (κ3) is 29.2. The van der Waals surface area contributed by atoms with Crippen molar-refractivity contribution >= 4 is 17.9 Å². The van der Waals surface area contributed by atoms with Gasteiger partial charge in [0.25, 0.3) is 0 Å². The smallest absolute Gasteiger partial charge is 0.416 e. The van der Waals surface area contributed by atoms with Crippen molar-refractivity contribution in [1.82, 2.24) is 0 Å². The average molecular weight is 1230 g/mol. The number of aryl methyl sites for hydroxylation is 3. The highest BCUT2D eigenvalue weighted by Crippen LogP contribution is 2.40. The minimum atomic E-state index is -4.41. The fraction of sp³-hybridized carbons (Fsp3) is 0.557. The third-order valence-corrected chi connectivity index (χ3v) is 16.9. The standard InChI is InChI=1S/C24H31F3O5.C23H34O5.C23H32O5/c25-24(26,27)17-7-5-6-16(14-17)10-11-18(28)12-13-20-19(21(29)15-22(20)30)8-3-1-2-4-9-23(31)32;2*24-18(13-12-17-8-4-3-5-9-17)14-15-20-19(21(25)16-22(20)26)10-6-1-2-7-11-23(27)28/h1,3,5-7,12-14,18-22,28-30H,2,4,8-11,15H2,(H,31,32);1,3-6,8-9,18-22,24-26H,2,7,10-16H2,(H,27,28);1,3-6,8-9,14-15,18-22,24-26H,2,7,10-13,16H2,(H,27,28)/p-3/b3-1-,13-12+;6-1-;6-1-,15-14+/t3*18-,19+,20+,21-,22+/m000/s1. The number of aliphatic carboxylic acids is 3. The molecule has 9 N–H and O–H groups in total. The Balaban J connectivity index is 0.000000283. The molecule has 3 aromatic rings. The quantitative estimate of drug-likeness (QED) is 0.0227. The molecule has 0 radical (unpaired) electrons. The molecule has 0 spiro atoms. The Morgan fingerprint density at radius 2 is 0.841 bits per heavy atom. The molecule has 88 heavy (non-hydrogen) atoms. The lowest BCUT2D eigenvalue weighted by atomic mass is 9.85. The number of hydrogen-bond donors (Lipinski definition) is 9. The molecule has 0 unspecified atom stereocenters. The lowest BCUT2D eigenvalue weighted by molar-refractivity contribution is -0.307. The van der Waals surface area contributed by atoms with E-state index in [0.717, 1.165) is 25.0 Å². The van der Waals surface area contributed by atoms with Gasteiger partial charge in [0, 0.05) is 42.6 Å².